The van der Waals surface area contributed by atoms with Gasteiger partial charge in [-0.1, -0.05) is 40.5 Å². The fourth-order valence-corrected chi connectivity index (χ4v) is 5.47. The van der Waals surface area contributed by atoms with Crippen LogP contribution in [0.4, 0.5) is 0 Å². The van der Waals surface area contributed by atoms with Gasteiger partial charge in [-0.3, -0.25) is 14.5 Å². The maximum absolute atomic E-state index is 13.5. The quantitative estimate of drug-likeness (QED) is 0.303. The average Bonchev–Trinajstić information content (AvgIpc) is 2.80. The summed E-state index contributed by atoms with van der Waals surface area (Å²) in [6.45, 7) is 8.82. The number of ether oxygens (including phenoxy) is 1. The van der Waals surface area contributed by atoms with Crippen LogP contribution in [0.5, 0.6) is 0 Å². The molecule has 5 N–H and O–H groups in total. The number of amides is 2. The summed E-state index contributed by atoms with van der Waals surface area (Å²) in [7, 11) is 0. The van der Waals surface area contributed by atoms with E-state index < -0.39 is 41.9 Å². The molecule has 0 aromatic rings. The predicted octanol–water partition coefficient (Wildman–Crippen LogP) is 0.662. The van der Waals surface area contributed by atoms with Gasteiger partial charge in [0.05, 0.1) is 18.8 Å². The Morgan fingerprint density at radius 3 is 2.42 bits per heavy atom. The molecule has 2 aliphatic rings. The number of hydrogen-bond acceptors (Lipinski definition) is 8. The summed E-state index contributed by atoms with van der Waals surface area (Å²) < 4.78 is 5.94. The van der Waals surface area contributed by atoms with Crippen molar-refractivity contribution in [1.82, 2.24) is 15.5 Å². The molecule has 33 heavy (non-hydrogen) atoms. The molecule has 0 spiro atoms. The van der Waals surface area contributed by atoms with Gasteiger partial charge in [-0.05, 0) is 30.9 Å². The van der Waals surface area contributed by atoms with Crippen LogP contribution in [0.2, 0.25) is 0 Å². The molecule has 2 rings (SSSR count). The smallest absolute Gasteiger partial charge is 0.237 e. The van der Waals surface area contributed by atoms with Gasteiger partial charge >= 0.3 is 0 Å². The third kappa shape index (κ3) is 7.29. The molecule has 192 valence electrons. The Morgan fingerprint density at radius 2 is 1.85 bits per heavy atom. The van der Waals surface area contributed by atoms with Gasteiger partial charge in [-0.2, -0.15) is 0 Å². The molecule has 2 amide bonds. The Balaban J connectivity index is 2.18. The van der Waals surface area contributed by atoms with Crippen molar-refractivity contribution < 1.29 is 29.6 Å². The molecule has 2 heterocycles. The first-order chi connectivity index (χ1) is 15.6. The van der Waals surface area contributed by atoms with Crippen molar-refractivity contribution in [1.29, 1.82) is 0 Å². The lowest BCUT2D eigenvalue weighted by Crippen LogP contribution is -2.65. The van der Waals surface area contributed by atoms with Crippen LogP contribution in [0.15, 0.2) is 0 Å². The van der Waals surface area contributed by atoms with Gasteiger partial charge in [0.25, 0.3) is 0 Å². The molecule has 0 radical (unpaired) electrons. The number of nitrogens with zero attached hydrogens (tertiary/aromatic N) is 1. The summed E-state index contributed by atoms with van der Waals surface area (Å²) in [6.07, 6.45) is 1.20. The molecule has 0 aromatic heterocycles. The maximum atomic E-state index is 13.5. The first-order valence-electron chi connectivity index (χ1n) is 12.2. The van der Waals surface area contributed by atoms with Crippen LogP contribution in [0, 0.1) is 11.8 Å². The fourth-order valence-electron chi connectivity index (χ4n) is 4.79. The summed E-state index contributed by atoms with van der Waals surface area (Å²) in [4.78, 5) is 27.3. The highest BCUT2D eigenvalue weighted by atomic mass is 32.2. The van der Waals surface area contributed by atoms with Crippen molar-refractivity contribution in [2.75, 3.05) is 19.5 Å². The van der Waals surface area contributed by atoms with E-state index in [1.807, 2.05) is 18.7 Å². The van der Waals surface area contributed by atoms with Crippen molar-refractivity contribution in [3.8, 4) is 0 Å². The first kappa shape index (κ1) is 28.3. The van der Waals surface area contributed by atoms with Gasteiger partial charge in [0.1, 0.15) is 29.9 Å². The lowest BCUT2D eigenvalue weighted by atomic mass is 9.86. The van der Waals surface area contributed by atoms with E-state index in [0.29, 0.717) is 25.4 Å². The summed E-state index contributed by atoms with van der Waals surface area (Å²) in [5.41, 5.74) is -0.698. The van der Waals surface area contributed by atoms with Crippen molar-refractivity contribution >= 4 is 23.6 Å². The number of nitrogens with one attached hydrogen (secondary N) is 2. The average molecular weight is 490 g/mol. The number of thioether (sulfide) groups is 1. The fraction of sp³-hybridized carbons (Fsp3) is 0.913. The summed E-state index contributed by atoms with van der Waals surface area (Å²) in [5.74, 6) is 0.134. The molecule has 9 nitrogen and oxygen atoms in total. The van der Waals surface area contributed by atoms with Crippen molar-refractivity contribution in [3.05, 3.63) is 0 Å². The lowest BCUT2D eigenvalue weighted by Gasteiger charge is -2.45. The Kier molecular flexibility index (Phi) is 11.4. The number of likely N-dealkylation sites (tertiary alicyclic amines) is 1. The second-order valence-electron chi connectivity index (χ2n) is 9.57. The van der Waals surface area contributed by atoms with Crippen molar-refractivity contribution in [2.45, 2.75) is 102 Å². The van der Waals surface area contributed by atoms with Crippen LogP contribution in [0.25, 0.3) is 0 Å². The molecule has 0 saturated carbocycles. The number of aliphatic hydroxyl groups excluding tert-OH is 3. The first-order valence-corrected chi connectivity index (χ1v) is 13.5. The number of piperidine rings is 1. The topological polar surface area (TPSA) is 131 Å². The zero-order chi connectivity index (χ0) is 24.7. The highest BCUT2D eigenvalue weighted by Gasteiger charge is 2.48. The lowest BCUT2D eigenvalue weighted by molar-refractivity contribution is -0.208. The van der Waals surface area contributed by atoms with Crippen LogP contribution in [0.1, 0.15) is 59.8 Å². The van der Waals surface area contributed by atoms with Crippen LogP contribution in [0.3, 0.4) is 0 Å². The highest BCUT2D eigenvalue weighted by molar-refractivity contribution is 7.99. The molecular weight excluding hydrogens is 446 g/mol. The van der Waals surface area contributed by atoms with Crippen LogP contribution < -0.4 is 10.6 Å². The van der Waals surface area contributed by atoms with Gasteiger partial charge in [0.15, 0.2) is 0 Å². The molecule has 10 heteroatoms. The number of rotatable bonds is 10. The highest BCUT2D eigenvalue weighted by Crippen LogP contribution is 2.31. The maximum Gasteiger partial charge on any atom is 0.237 e. The molecule has 2 saturated heterocycles. The van der Waals surface area contributed by atoms with Crippen molar-refractivity contribution in [2.24, 2.45) is 11.8 Å². The van der Waals surface area contributed by atoms with Crippen LogP contribution >= 0.6 is 11.8 Å². The number of aliphatic hydroxyl groups is 3. The van der Waals surface area contributed by atoms with Gasteiger partial charge in [0.2, 0.25) is 11.8 Å². The van der Waals surface area contributed by atoms with Gasteiger partial charge in [-0.15, -0.1) is 11.8 Å². The minimum absolute atomic E-state index is 0.0562. The monoisotopic (exact) mass is 489 g/mol. The van der Waals surface area contributed by atoms with Gasteiger partial charge < -0.3 is 30.7 Å². The standard InChI is InChI=1S/C23H43N3O6S/c1-6-8-14-9-10-26(12-24-16(27)7-2)15(11-14)22(31)25-17(13(3)4)21-19(29)18(28)20(30)23(32-21)33-5/h13-15,17-21,23,28-30H,6-12H2,1-5H3,(H,24,27)(H,25,31). The zero-order valence-electron chi connectivity index (χ0n) is 20.6. The number of carbonyl (C=O) groups excluding carboxylic acids is 2. The van der Waals surface area contributed by atoms with Gasteiger partial charge in [0, 0.05) is 13.0 Å². The van der Waals surface area contributed by atoms with Crippen LogP contribution in [-0.2, 0) is 14.3 Å². The van der Waals surface area contributed by atoms with E-state index in [9.17, 15) is 24.9 Å². The molecule has 0 aromatic carbocycles. The van der Waals surface area contributed by atoms with Crippen LogP contribution in [-0.4, -0.2) is 93.4 Å². The normalized spacial score (nSPS) is 34.2. The molecule has 8 atom stereocenters. The van der Waals surface area contributed by atoms with E-state index in [-0.39, 0.29) is 17.7 Å². The number of hydrogen-bond donors (Lipinski definition) is 5. The van der Waals surface area contributed by atoms with Gasteiger partial charge in [-0.25, -0.2) is 0 Å². The molecule has 0 bridgehead atoms. The van der Waals surface area contributed by atoms with E-state index in [0.717, 1.165) is 25.8 Å². The Hall–Kier alpha value is -0.910. The molecular formula is C23H43N3O6S. The second kappa shape index (κ2) is 13.3. The van der Waals surface area contributed by atoms with E-state index >= 15 is 0 Å². The molecule has 2 aliphatic heterocycles. The van der Waals surface area contributed by atoms with E-state index in [2.05, 4.69) is 17.6 Å². The largest absolute Gasteiger partial charge is 0.388 e. The molecule has 0 aliphatic carbocycles. The minimum Gasteiger partial charge on any atom is -0.388 e. The Bertz CT molecular complexity index is 637. The van der Waals surface area contributed by atoms with Crippen molar-refractivity contribution in [3.63, 3.8) is 0 Å². The minimum atomic E-state index is -1.36. The van der Waals surface area contributed by atoms with E-state index in [1.54, 1.807) is 13.2 Å². The molecule has 2 fully saturated rings. The Labute approximate surface area is 202 Å². The summed E-state index contributed by atoms with van der Waals surface area (Å²) in [5, 5.41) is 37.2. The van der Waals surface area contributed by atoms with E-state index in [1.165, 1.54) is 11.8 Å². The summed E-state index contributed by atoms with van der Waals surface area (Å²) in [6, 6.07) is -0.954. The Morgan fingerprint density at radius 1 is 1.15 bits per heavy atom. The zero-order valence-corrected chi connectivity index (χ0v) is 21.4. The summed E-state index contributed by atoms with van der Waals surface area (Å²) >= 11 is 1.25. The number of carbonyl (C=O) groups is 2. The SMILES string of the molecule is CCCC1CCN(CNC(=O)CC)C(C(=O)NC(C(C)C)C2OC(SC)C(O)C(O)C2O)C1. The second-order valence-corrected chi connectivity index (χ2v) is 10.5. The van der Waals surface area contributed by atoms with E-state index in [4.69, 9.17) is 4.74 Å². The molecule has 8 unspecified atom stereocenters. The third-order valence-corrected chi connectivity index (χ3v) is 7.70. The third-order valence-electron chi connectivity index (χ3n) is 6.84. The predicted molar refractivity (Wildman–Crippen MR) is 128 cm³/mol.